The number of benzene rings is 1. The molecule has 0 bridgehead atoms. The number of halogens is 2. The Morgan fingerprint density at radius 1 is 1.19 bits per heavy atom. The van der Waals surface area contributed by atoms with Crippen LogP contribution in [-0.4, -0.2) is 31.6 Å². The Morgan fingerprint density at radius 2 is 1.92 bits per heavy atom. The number of carbonyl (C=O) groups is 1. The van der Waals surface area contributed by atoms with Gasteiger partial charge in [-0.3, -0.25) is 4.79 Å². The van der Waals surface area contributed by atoms with Crippen LogP contribution in [0.5, 0.6) is 17.4 Å². The normalized spacial score (nSPS) is 10.7. The topological polar surface area (TPSA) is 72.5 Å². The molecule has 1 unspecified atom stereocenters. The summed E-state index contributed by atoms with van der Waals surface area (Å²) >= 11 is 0. The van der Waals surface area contributed by atoms with Crippen molar-refractivity contribution in [2.75, 3.05) is 20.7 Å². The van der Waals surface area contributed by atoms with Gasteiger partial charge in [-0.15, -0.1) is 24.8 Å². The Bertz CT molecular complexity index is 669. The fourth-order valence-electron chi connectivity index (χ4n) is 2.12. The highest BCUT2D eigenvalue weighted by Gasteiger charge is 2.11. The maximum atomic E-state index is 11.9. The molecule has 1 heterocycles. The molecule has 0 radical (unpaired) electrons. The lowest BCUT2D eigenvalue weighted by Crippen LogP contribution is -2.33. The molecule has 0 fully saturated rings. The second-order valence-electron chi connectivity index (χ2n) is 5.46. The van der Waals surface area contributed by atoms with E-state index in [4.69, 9.17) is 9.47 Å². The van der Waals surface area contributed by atoms with Gasteiger partial charge in [-0.2, -0.15) is 0 Å². The van der Waals surface area contributed by atoms with Crippen molar-refractivity contribution >= 4 is 30.7 Å². The first-order valence-electron chi connectivity index (χ1n) is 7.81. The van der Waals surface area contributed by atoms with E-state index in [-0.39, 0.29) is 36.6 Å². The second kappa shape index (κ2) is 12.4. The van der Waals surface area contributed by atoms with Crippen molar-refractivity contribution < 1.29 is 14.3 Å². The number of methoxy groups -OCH3 is 1. The molecule has 2 aromatic rings. The highest BCUT2D eigenvalue weighted by molar-refractivity contribution is 5.85. The molecule has 0 aliphatic carbocycles. The van der Waals surface area contributed by atoms with Gasteiger partial charge in [-0.1, -0.05) is 19.1 Å². The maximum absolute atomic E-state index is 11.9. The van der Waals surface area contributed by atoms with E-state index in [0.717, 1.165) is 11.3 Å². The first-order valence-corrected chi connectivity index (χ1v) is 7.81. The Morgan fingerprint density at radius 3 is 2.54 bits per heavy atom. The molecule has 2 rings (SSSR count). The molecular formula is C18H25Cl2N3O3. The molecule has 0 aliphatic rings. The summed E-state index contributed by atoms with van der Waals surface area (Å²) in [5.41, 5.74) is 0.915. The van der Waals surface area contributed by atoms with Gasteiger partial charge in [0.1, 0.15) is 11.5 Å². The first kappa shape index (κ1) is 24.0. The zero-order chi connectivity index (χ0) is 17.4. The number of aromatic nitrogens is 1. The zero-order valence-electron chi connectivity index (χ0n) is 15.0. The van der Waals surface area contributed by atoms with Crippen LogP contribution in [0.15, 0.2) is 42.6 Å². The van der Waals surface area contributed by atoms with Crippen LogP contribution < -0.4 is 20.1 Å². The number of hydrogen-bond donors (Lipinski definition) is 2. The number of nitrogens with zero attached hydrogens (tertiary/aromatic N) is 1. The van der Waals surface area contributed by atoms with E-state index in [1.165, 1.54) is 0 Å². The third-order valence-electron chi connectivity index (χ3n) is 3.49. The van der Waals surface area contributed by atoms with Gasteiger partial charge in [0, 0.05) is 37.3 Å². The highest BCUT2D eigenvalue weighted by Crippen LogP contribution is 2.23. The van der Waals surface area contributed by atoms with E-state index in [1.54, 1.807) is 25.4 Å². The number of rotatable bonds is 8. The number of pyridine rings is 1. The van der Waals surface area contributed by atoms with Gasteiger partial charge in [0.15, 0.2) is 0 Å². The van der Waals surface area contributed by atoms with Crippen molar-refractivity contribution in [2.45, 2.75) is 13.5 Å². The molecule has 0 aliphatic heterocycles. The van der Waals surface area contributed by atoms with Crippen LogP contribution in [0.4, 0.5) is 0 Å². The molecule has 1 atom stereocenters. The van der Waals surface area contributed by atoms with Crippen LogP contribution >= 0.6 is 24.8 Å². The number of hydrogen-bond acceptors (Lipinski definition) is 5. The smallest absolute Gasteiger partial charge is 0.224 e. The van der Waals surface area contributed by atoms with Crippen molar-refractivity contribution in [1.29, 1.82) is 0 Å². The number of ether oxygens (including phenoxy) is 2. The third-order valence-corrected chi connectivity index (χ3v) is 3.49. The van der Waals surface area contributed by atoms with E-state index in [1.807, 2.05) is 38.2 Å². The van der Waals surface area contributed by atoms with Crippen LogP contribution in [0, 0.1) is 5.92 Å². The predicted molar refractivity (Wildman–Crippen MR) is 107 cm³/mol. The van der Waals surface area contributed by atoms with E-state index < -0.39 is 0 Å². The molecule has 26 heavy (non-hydrogen) atoms. The Balaban J connectivity index is 0.00000312. The minimum atomic E-state index is -0.0707. The van der Waals surface area contributed by atoms with Crippen molar-refractivity contribution in [3.05, 3.63) is 48.2 Å². The third kappa shape index (κ3) is 7.47. The number of carbonyl (C=O) groups excluding carboxylic acids is 1. The lowest BCUT2D eigenvalue weighted by atomic mass is 10.1. The van der Waals surface area contributed by atoms with Gasteiger partial charge < -0.3 is 20.1 Å². The van der Waals surface area contributed by atoms with Gasteiger partial charge in [0.25, 0.3) is 0 Å². The van der Waals surface area contributed by atoms with E-state index in [2.05, 4.69) is 15.6 Å². The first-order chi connectivity index (χ1) is 11.6. The number of amides is 1. The molecule has 2 N–H and O–H groups in total. The van der Waals surface area contributed by atoms with Crippen molar-refractivity contribution in [1.82, 2.24) is 15.6 Å². The molecule has 6 nitrogen and oxygen atoms in total. The Kier molecular flexibility index (Phi) is 11.4. The SMILES string of the molecule is CNCC(C)C(=O)NCc1ccc(Oc2cccc(OC)c2)nc1.Cl.Cl. The van der Waals surface area contributed by atoms with Gasteiger partial charge in [0.05, 0.1) is 7.11 Å². The summed E-state index contributed by atoms with van der Waals surface area (Å²) in [5.74, 6) is 1.81. The van der Waals surface area contributed by atoms with Crippen molar-refractivity contribution in [3.8, 4) is 17.4 Å². The fourth-order valence-corrected chi connectivity index (χ4v) is 2.12. The molecule has 1 amide bonds. The lowest BCUT2D eigenvalue weighted by molar-refractivity contribution is -0.124. The summed E-state index contributed by atoms with van der Waals surface area (Å²) in [6, 6.07) is 11.0. The zero-order valence-corrected chi connectivity index (χ0v) is 16.7. The molecule has 0 spiro atoms. The van der Waals surface area contributed by atoms with Crippen molar-refractivity contribution in [3.63, 3.8) is 0 Å². The fraction of sp³-hybridized carbons (Fsp3) is 0.333. The quantitative estimate of drug-likeness (QED) is 0.710. The van der Waals surface area contributed by atoms with E-state index >= 15 is 0 Å². The minimum Gasteiger partial charge on any atom is -0.497 e. The maximum Gasteiger partial charge on any atom is 0.224 e. The molecular weight excluding hydrogens is 377 g/mol. The second-order valence-corrected chi connectivity index (χ2v) is 5.46. The van der Waals surface area contributed by atoms with Gasteiger partial charge in [-0.05, 0) is 24.7 Å². The van der Waals surface area contributed by atoms with Crippen LogP contribution in [0.25, 0.3) is 0 Å². The van der Waals surface area contributed by atoms with E-state index in [0.29, 0.717) is 24.7 Å². The highest BCUT2D eigenvalue weighted by atomic mass is 35.5. The average Bonchev–Trinajstić information content (AvgIpc) is 2.61. The van der Waals surface area contributed by atoms with Crippen LogP contribution in [0.3, 0.4) is 0 Å². The van der Waals surface area contributed by atoms with Gasteiger partial charge in [-0.25, -0.2) is 4.98 Å². The molecule has 144 valence electrons. The largest absolute Gasteiger partial charge is 0.497 e. The molecule has 8 heteroatoms. The molecule has 0 saturated heterocycles. The standard InChI is InChI=1S/C18H23N3O3.2ClH/c1-13(10-19-2)18(22)21-12-14-7-8-17(20-11-14)24-16-6-4-5-15(9-16)23-3;;/h4-9,11,13,19H,10,12H2,1-3H3,(H,21,22);2*1H. The minimum absolute atomic E-state index is 0. The van der Waals surface area contributed by atoms with Gasteiger partial charge >= 0.3 is 0 Å². The Labute approximate surface area is 166 Å². The average molecular weight is 402 g/mol. The molecule has 1 aromatic heterocycles. The summed E-state index contributed by atoms with van der Waals surface area (Å²) in [4.78, 5) is 16.1. The summed E-state index contributed by atoms with van der Waals surface area (Å²) in [6.45, 7) is 2.98. The van der Waals surface area contributed by atoms with Crippen LogP contribution in [0.1, 0.15) is 12.5 Å². The van der Waals surface area contributed by atoms with Crippen LogP contribution in [0.2, 0.25) is 0 Å². The number of nitrogens with one attached hydrogen (secondary N) is 2. The lowest BCUT2D eigenvalue weighted by Gasteiger charge is -2.11. The monoisotopic (exact) mass is 401 g/mol. The summed E-state index contributed by atoms with van der Waals surface area (Å²) < 4.78 is 10.8. The summed E-state index contributed by atoms with van der Waals surface area (Å²) in [6.07, 6.45) is 1.69. The van der Waals surface area contributed by atoms with Gasteiger partial charge in [0.2, 0.25) is 11.8 Å². The molecule has 1 aromatic carbocycles. The molecule has 0 saturated carbocycles. The van der Waals surface area contributed by atoms with Crippen LogP contribution in [-0.2, 0) is 11.3 Å². The summed E-state index contributed by atoms with van der Waals surface area (Å²) in [5, 5.41) is 5.88. The van der Waals surface area contributed by atoms with E-state index in [9.17, 15) is 4.79 Å². The Hall–Kier alpha value is -2.02. The predicted octanol–water partition coefficient (Wildman–Crippen LogP) is 3.20. The summed E-state index contributed by atoms with van der Waals surface area (Å²) in [7, 11) is 3.44. The van der Waals surface area contributed by atoms with Crippen molar-refractivity contribution in [2.24, 2.45) is 5.92 Å².